The Kier molecular flexibility index (Phi) is 3.87. The summed E-state index contributed by atoms with van der Waals surface area (Å²) in [5.74, 6) is 1.42. The monoisotopic (exact) mass is 288 g/mol. The summed E-state index contributed by atoms with van der Waals surface area (Å²) >= 11 is 0. The van der Waals surface area contributed by atoms with Crippen molar-refractivity contribution in [3.63, 3.8) is 0 Å². The van der Waals surface area contributed by atoms with Gasteiger partial charge in [-0.3, -0.25) is 9.59 Å². The molecule has 4 heteroatoms. The predicted molar refractivity (Wildman–Crippen MR) is 81.4 cm³/mol. The molecule has 2 fully saturated rings. The molecule has 3 atom stereocenters. The van der Waals surface area contributed by atoms with Crippen molar-refractivity contribution in [2.45, 2.75) is 52.0 Å². The van der Waals surface area contributed by atoms with E-state index in [-0.39, 0.29) is 11.7 Å². The summed E-state index contributed by atoms with van der Waals surface area (Å²) in [4.78, 5) is 29.2. The zero-order valence-corrected chi connectivity index (χ0v) is 12.9. The highest BCUT2D eigenvalue weighted by molar-refractivity contribution is 5.99. The van der Waals surface area contributed by atoms with E-state index in [1.807, 2.05) is 0 Å². The number of carbonyl (C=O) groups is 2. The van der Waals surface area contributed by atoms with Crippen LogP contribution in [-0.4, -0.2) is 34.2 Å². The average molecular weight is 288 g/mol. The van der Waals surface area contributed by atoms with E-state index in [1.54, 1.807) is 12.3 Å². The number of likely N-dealkylation sites (tertiary alicyclic amines) is 1. The first-order chi connectivity index (χ1) is 10.1. The van der Waals surface area contributed by atoms with Gasteiger partial charge in [0.1, 0.15) is 5.69 Å². The molecule has 0 unspecified atom stereocenters. The molecule has 1 N–H and O–H groups in total. The molecule has 0 bridgehead atoms. The van der Waals surface area contributed by atoms with Crippen molar-refractivity contribution in [3.05, 3.63) is 23.5 Å². The smallest absolute Gasteiger partial charge is 0.270 e. The molecule has 1 saturated carbocycles. The topological polar surface area (TPSA) is 53.2 Å². The summed E-state index contributed by atoms with van der Waals surface area (Å²) in [6.45, 7) is 4.69. The van der Waals surface area contributed by atoms with Crippen LogP contribution in [0.5, 0.6) is 0 Å². The Hall–Kier alpha value is -1.58. The molecule has 21 heavy (non-hydrogen) atoms. The van der Waals surface area contributed by atoms with Crippen LogP contribution >= 0.6 is 0 Å². The molecule has 0 radical (unpaired) electrons. The van der Waals surface area contributed by atoms with E-state index in [0.29, 0.717) is 23.2 Å². The van der Waals surface area contributed by atoms with Gasteiger partial charge >= 0.3 is 0 Å². The van der Waals surface area contributed by atoms with Crippen LogP contribution in [-0.2, 0) is 0 Å². The first-order valence-corrected chi connectivity index (χ1v) is 8.08. The summed E-state index contributed by atoms with van der Waals surface area (Å²) in [6.07, 6.45) is 7.62. The molecule has 114 valence electrons. The summed E-state index contributed by atoms with van der Waals surface area (Å²) in [5, 5.41) is 0. The Morgan fingerprint density at radius 1 is 1.24 bits per heavy atom. The lowest BCUT2D eigenvalue weighted by Gasteiger charge is -2.47. The van der Waals surface area contributed by atoms with E-state index in [2.05, 4.69) is 16.8 Å². The number of amides is 1. The maximum absolute atomic E-state index is 12.8. The molecule has 1 aliphatic carbocycles. The number of H-pyrrole nitrogens is 1. The average Bonchev–Trinajstić information content (AvgIpc) is 2.97. The zero-order chi connectivity index (χ0) is 15.0. The van der Waals surface area contributed by atoms with Gasteiger partial charge in [0, 0.05) is 24.3 Å². The molecule has 1 aliphatic heterocycles. The van der Waals surface area contributed by atoms with Crippen molar-refractivity contribution < 1.29 is 9.59 Å². The van der Waals surface area contributed by atoms with Gasteiger partial charge in [-0.2, -0.15) is 0 Å². The Labute approximate surface area is 125 Å². The van der Waals surface area contributed by atoms with Gasteiger partial charge in [-0.15, -0.1) is 0 Å². The Bertz CT molecular complexity index is 549. The zero-order valence-electron chi connectivity index (χ0n) is 12.9. The van der Waals surface area contributed by atoms with Crippen LogP contribution in [0, 0.1) is 11.8 Å². The van der Waals surface area contributed by atoms with Crippen molar-refractivity contribution in [2.75, 3.05) is 6.54 Å². The minimum atomic E-state index is -0.00638. The maximum atomic E-state index is 12.8. The van der Waals surface area contributed by atoms with E-state index in [4.69, 9.17) is 0 Å². The number of nitrogens with zero attached hydrogens (tertiary/aromatic N) is 1. The lowest BCUT2D eigenvalue weighted by Crippen LogP contribution is -2.52. The number of carbonyl (C=O) groups excluding carboxylic acids is 2. The van der Waals surface area contributed by atoms with Gasteiger partial charge in [-0.1, -0.05) is 19.8 Å². The normalized spacial score (nSPS) is 29.0. The standard InChI is InChI=1S/C17H24N2O2/c1-11-7-8-19(16-6-4-3-5-14(11)16)17(21)15-9-13(10-18-15)12(2)20/h9-11,14,16,18H,3-8H2,1-2H3/t11-,14-,16+/m0/s1. The molecule has 1 aromatic heterocycles. The highest BCUT2D eigenvalue weighted by atomic mass is 16.2. The van der Waals surface area contributed by atoms with Crippen molar-refractivity contribution in [2.24, 2.45) is 11.8 Å². The van der Waals surface area contributed by atoms with Crippen molar-refractivity contribution in [1.29, 1.82) is 0 Å². The number of fused-ring (bicyclic) bond motifs is 1. The fourth-order valence-corrected chi connectivity index (χ4v) is 4.04. The first kappa shape index (κ1) is 14.4. The molecule has 3 rings (SSSR count). The van der Waals surface area contributed by atoms with Gasteiger partial charge in [0.2, 0.25) is 0 Å². The number of aromatic nitrogens is 1. The minimum absolute atomic E-state index is 0.00638. The van der Waals surface area contributed by atoms with Crippen LogP contribution in [0.1, 0.15) is 66.8 Å². The van der Waals surface area contributed by atoms with Crippen molar-refractivity contribution in [1.82, 2.24) is 9.88 Å². The molecule has 1 amide bonds. The number of hydrogen-bond acceptors (Lipinski definition) is 2. The van der Waals surface area contributed by atoms with Crippen LogP contribution in [0.25, 0.3) is 0 Å². The molecule has 4 nitrogen and oxygen atoms in total. The lowest BCUT2D eigenvalue weighted by molar-refractivity contribution is 0.0213. The quantitative estimate of drug-likeness (QED) is 0.849. The molecule has 1 aromatic rings. The summed E-state index contributed by atoms with van der Waals surface area (Å²) in [5.41, 5.74) is 1.14. The van der Waals surface area contributed by atoms with Gasteiger partial charge in [0.05, 0.1) is 0 Å². The predicted octanol–water partition coefficient (Wildman–Crippen LogP) is 3.26. The minimum Gasteiger partial charge on any atom is -0.356 e. The molecule has 0 aromatic carbocycles. The Balaban J connectivity index is 1.81. The van der Waals surface area contributed by atoms with Crippen molar-refractivity contribution in [3.8, 4) is 0 Å². The van der Waals surface area contributed by atoms with Crippen LogP contribution < -0.4 is 0 Å². The van der Waals surface area contributed by atoms with E-state index >= 15 is 0 Å². The fourth-order valence-electron chi connectivity index (χ4n) is 4.04. The largest absolute Gasteiger partial charge is 0.356 e. The van der Waals surface area contributed by atoms with Crippen LogP contribution in [0.3, 0.4) is 0 Å². The number of Topliss-reactive ketones (excluding diaryl/α,β-unsaturated/α-hetero) is 1. The third-order valence-electron chi connectivity index (χ3n) is 5.32. The second-order valence-electron chi connectivity index (χ2n) is 6.64. The van der Waals surface area contributed by atoms with Crippen LogP contribution in [0.15, 0.2) is 12.3 Å². The van der Waals surface area contributed by atoms with Gasteiger partial charge in [-0.05, 0) is 44.1 Å². The van der Waals surface area contributed by atoms with Gasteiger partial charge < -0.3 is 9.88 Å². The number of hydrogen-bond donors (Lipinski definition) is 1. The number of piperidine rings is 1. The van der Waals surface area contributed by atoms with E-state index in [9.17, 15) is 9.59 Å². The number of nitrogens with one attached hydrogen (secondary N) is 1. The van der Waals surface area contributed by atoms with E-state index < -0.39 is 0 Å². The maximum Gasteiger partial charge on any atom is 0.270 e. The fraction of sp³-hybridized carbons (Fsp3) is 0.647. The third-order valence-corrected chi connectivity index (χ3v) is 5.32. The molecular weight excluding hydrogens is 264 g/mol. The third kappa shape index (κ3) is 2.63. The van der Waals surface area contributed by atoms with Crippen molar-refractivity contribution >= 4 is 11.7 Å². The summed E-state index contributed by atoms with van der Waals surface area (Å²) < 4.78 is 0. The molecule has 2 heterocycles. The molecule has 0 spiro atoms. The van der Waals surface area contributed by atoms with Crippen LogP contribution in [0.4, 0.5) is 0 Å². The number of rotatable bonds is 2. The highest BCUT2D eigenvalue weighted by Gasteiger charge is 2.39. The second kappa shape index (κ2) is 5.66. The first-order valence-electron chi connectivity index (χ1n) is 8.08. The summed E-state index contributed by atoms with van der Waals surface area (Å²) in [6, 6.07) is 2.08. The van der Waals surface area contributed by atoms with Gasteiger partial charge in [0.15, 0.2) is 5.78 Å². The SMILES string of the molecule is CC(=O)c1c[nH]c(C(=O)N2CC[C@H](C)[C@@H]3CCCC[C@H]32)c1. The number of ketones is 1. The van der Waals surface area contributed by atoms with Gasteiger partial charge in [-0.25, -0.2) is 0 Å². The van der Waals surface area contributed by atoms with E-state index in [1.165, 1.54) is 26.2 Å². The van der Waals surface area contributed by atoms with Crippen LogP contribution in [0.2, 0.25) is 0 Å². The van der Waals surface area contributed by atoms with E-state index in [0.717, 1.165) is 25.3 Å². The molecular formula is C17H24N2O2. The molecule has 2 aliphatic rings. The Morgan fingerprint density at radius 2 is 2.00 bits per heavy atom. The molecule has 1 saturated heterocycles. The second-order valence-corrected chi connectivity index (χ2v) is 6.64. The summed E-state index contributed by atoms with van der Waals surface area (Å²) in [7, 11) is 0. The van der Waals surface area contributed by atoms with Gasteiger partial charge in [0.25, 0.3) is 5.91 Å². The lowest BCUT2D eigenvalue weighted by atomic mass is 9.72. The number of aromatic amines is 1. The Morgan fingerprint density at radius 3 is 2.71 bits per heavy atom. The highest BCUT2D eigenvalue weighted by Crippen LogP contribution is 2.39.